The summed E-state index contributed by atoms with van der Waals surface area (Å²) in [5.41, 5.74) is -0.625. The third-order valence-electron chi connectivity index (χ3n) is 4.41. The third-order valence-corrected chi connectivity index (χ3v) is 4.41. The lowest BCUT2D eigenvalue weighted by molar-refractivity contribution is -0.143. The van der Waals surface area contributed by atoms with Gasteiger partial charge in [0.1, 0.15) is 23.9 Å². The molecule has 0 fully saturated rings. The molecule has 3 aromatic rings. The van der Waals surface area contributed by atoms with Crippen LogP contribution in [0, 0.1) is 19.7 Å². The van der Waals surface area contributed by atoms with Crippen molar-refractivity contribution in [1.82, 2.24) is 15.1 Å². The normalized spacial score (nSPS) is 11.4. The summed E-state index contributed by atoms with van der Waals surface area (Å²) < 4.78 is 60.9. The minimum atomic E-state index is -4.92. The largest absolute Gasteiger partial charge is 0.491 e. The predicted octanol–water partition coefficient (Wildman–Crippen LogP) is 4.46. The number of alkyl halides is 3. The Bertz CT molecular complexity index is 1040. The number of amides is 1. The van der Waals surface area contributed by atoms with Crippen molar-refractivity contribution in [1.29, 1.82) is 0 Å². The van der Waals surface area contributed by atoms with Crippen molar-refractivity contribution in [3.8, 4) is 11.4 Å². The van der Waals surface area contributed by atoms with E-state index < -0.39 is 34.8 Å². The van der Waals surface area contributed by atoms with Gasteiger partial charge in [-0.25, -0.2) is 9.07 Å². The summed E-state index contributed by atoms with van der Waals surface area (Å²) in [6.07, 6.45) is -4.14. The van der Waals surface area contributed by atoms with E-state index in [9.17, 15) is 22.4 Å². The topological polar surface area (TPSA) is 56.1 Å². The van der Waals surface area contributed by atoms with Gasteiger partial charge in [0.15, 0.2) is 5.69 Å². The second-order valence-corrected chi connectivity index (χ2v) is 6.59. The molecule has 0 atom stereocenters. The molecular formula is C21H19F4N3O2. The highest BCUT2D eigenvalue weighted by Gasteiger charge is 2.40. The fourth-order valence-electron chi connectivity index (χ4n) is 3.03. The van der Waals surface area contributed by atoms with Crippen LogP contribution in [0.2, 0.25) is 0 Å². The molecule has 0 saturated carbocycles. The van der Waals surface area contributed by atoms with Crippen LogP contribution in [0.1, 0.15) is 27.2 Å². The van der Waals surface area contributed by atoms with Crippen molar-refractivity contribution in [3.05, 3.63) is 76.9 Å². The average molecular weight is 421 g/mol. The second-order valence-electron chi connectivity index (χ2n) is 6.59. The van der Waals surface area contributed by atoms with Crippen LogP contribution in [0.4, 0.5) is 17.6 Å². The Balaban J connectivity index is 1.76. The van der Waals surface area contributed by atoms with Gasteiger partial charge in [0.2, 0.25) is 0 Å². The quantitative estimate of drug-likeness (QED) is 0.473. The van der Waals surface area contributed by atoms with Crippen molar-refractivity contribution in [3.63, 3.8) is 0 Å². The maximum atomic E-state index is 14.0. The van der Waals surface area contributed by atoms with E-state index in [4.69, 9.17) is 4.74 Å². The molecule has 1 heterocycles. The average Bonchev–Trinajstić information content (AvgIpc) is 3.13. The molecule has 0 aliphatic rings. The molecule has 0 radical (unpaired) electrons. The first-order chi connectivity index (χ1) is 14.2. The first-order valence-electron chi connectivity index (χ1n) is 9.07. The predicted molar refractivity (Wildman–Crippen MR) is 102 cm³/mol. The Labute approximate surface area is 170 Å². The summed E-state index contributed by atoms with van der Waals surface area (Å²) in [7, 11) is 0. The lowest BCUT2D eigenvalue weighted by Gasteiger charge is -2.14. The van der Waals surface area contributed by atoms with Crippen molar-refractivity contribution in [2.75, 3.05) is 13.2 Å². The SMILES string of the molecule is Cc1cccc(C)c1OCCNC(=O)c1cnn(-c2ccccc2F)c1C(F)(F)F. The van der Waals surface area contributed by atoms with Crippen LogP contribution >= 0.6 is 0 Å². The molecule has 2 aromatic carbocycles. The summed E-state index contributed by atoms with van der Waals surface area (Å²) in [5, 5.41) is 5.99. The highest BCUT2D eigenvalue weighted by Crippen LogP contribution is 2.34. The summed E-state index contributed by atoms with van der Waals surface area (Å²) in [6, 6.07) is 10.5. The monoisotopic (exact) mass is 421 g/mol. The number of aromatic nitrogens is 2. The first kappa shape index (κ1) is 21.4. The standard InChI is InChI=1S/C21H19F4N3O2/c1-13-6-5-7-14(2)18(13)30-11-10-26-20(29)15-12-27-28(19(15)21(23,24)25)17-9-4-3-8-16(17)22/h3-9,12H,10-11H2,1-2H3,(H,26,29). The van der Waals surface area contributed by atoms with Crippen LogP contribution in [0.25, 0.3) is 5.69 Å². The lowest BCUT2D eigenvalue weighted by atomic mass is 10.1. The fraction of sp³-hybridized carbons (Fsp3) is 0.238. The van der Waals surface area contributed by atoms with Gasteiger partial charge in [-0.05, 0) is 37.1 Å². The fourth-order valence-corrected chi connectivity index (χ4v) is 3.03. The molecule has 0 bridgehead atoms. The summed E-state index contributed by atoms with van der Waals surface area (Å²) in [5.74, 6) is -1.20. The lowest BCUT2D eigenvalue weighted by Crippen LogP contribution is -2.30. The molecule has 3 rings (SSSR count). The molecule has 5 nitrogen and oxygen atoms in total. The Hall–Kier alpha value is -3.36. The van der Waals surface area contributed by atoms with Crippen molar-refractivity contribution < 1.29 is 27.1 Å². The Morgan fingerprint density at radius 2 is 1.77 bits per heavy atom. The number of rotatable bonds is 6. The van der Waals surface area contributed by atoms with E-state index in [0.29, 0.717) is 10.4 Å². The molecule has 0 unspecified atom stereocenters. The molecule has 0 saturated heterocycles. The van der Waals surface area contributed by atoms with Crippen molar-refractivity contribution >= 4 is 5.91 Å². The van der Waals surface area contributed by atoms with E-state index in [-0.39, 0.29) is 13.2 Å². The van der Waals surface area contributed by atoms with Gasteiger partial charge >= 0.3 is 6.18 Å². The summed E-state index contributed by atoms with van der Waals surface area (Å²) in [6.45, 7) is 3.79. The van der Waals surface area contributed by atoms with E-state index in [1.54, 1.807) is 0 Å². The Morgan fingerprint density at radius 3 is 2.40 bits per heavy atom. The number of halogens is 4. The number of ether oxygens (including phenoxy) is 1. The van der Waals surface area contributed by atoms with Gasteiger partial charge in [-0.3, -0.25) is 4.79 Å². The highest BCUT2D eigenvalue weighted by molar-refractivity contribution is 5.95. The number of hydrogen-bond acceptors (Lipinski definition) is 3. The Kier molecular flexibility index (Phi) is 6.09. The number of aryl methyl sites for hydroxylation is 2. The molecule has 158 valence electrons. The van der Waals surface area contributed by atoms with Crippen molar-refractivity contribution in [2.24, 2.45) is 0 Å². The van der Waals surface area contributed by atoms with E-state index in [2.05, 4.69) is 10.4 Å². The number of nitrogens with one attached hydrogen (secondary N) is 1. The number of para-hydroxylation sites is 2. The highest BCUT2D eigenvalue weighted by atomic mass is 19.4. The molecule has 0 aliphatic carbocycles. The van der Waals surface area contributed by atoms with Gasteiger partial charge in [-0.15, -0.1) is 0 Å². The molecular weight excluding hydrogens is 402 g/mol. The Morgan fingerprint density at radius 1 is 1.10 bits per heavy atom. The van der Waals surface area contributed by atoms with Crippen LogP contribution in [-0.2, 0) is 6.18 Å². The molecule has 1 N–H and O–H groups in total. The zero-order valence-electron chi connectivity index (χ0n) is 16.3. The van der Waals surface area contributed by atoms with Gasteiger partial charge < -0.3 is 10.1 Å². The van der Waals surface area contributed by atoms with E-state index in [1.165, 1.54) is 12.1 Å². The number of benzene rings is 2. The van der Waals surface area contributed by atoms with Crippen LogP contribution < -0.4 is 10.1 Å². The van der Waals surface area contributed by atoms with Gasteiger partial charge in [-0.1, -0.05) is 30.3 Å². The summed E-state index contributed by atoms with van der Waals surface area (Å²) >= 11 is 0. The van der Waals surface area contributed by atoms with Crippen LogP contribution in [0.5, 0.6) is 5.75 Å². The maximum Gasteiger partial charge on any atom is 0.434 e. The van der Waals surface area contributed by atoms with E-state index in [1.807, 2.05) is 32.0 Å². The molecule has 9 heteroatoms. The third kappa shape index (κ3) is 4.45. The van der Waals surface area contributed by atoms with Crippen LogP contribution in [-0.4, -0.2) is 28.8 Å². The number of carbonyl (C=O) groups is 1. The number of nitrogens with zero attached hydrogens (tertiary/aromatic N) is 2. The van der Waals surface area contributed by atoms with Gasteiger partial charge in [-0.2, -0.15) is 18.3 Å². The van der Waals surface area contributed by atoms with Crippen LogP contribution in [0.3, 0.4) is 0 Å². The first-order valence-corrected chi connectivity index (χ1v) is 9.07. The molecule has 1 amide bonds. The number of carbonyl (C=O) groups excluding carboxylic acids is 1. The van der Waals surface area contributed by atoms with Gasteiger partial charge in [0.05, 0.1) is 18.3 Å². The zero-order chi connectivity index (χ0) is 21.9. The molecule has 1 aromatic heterocycles. The second kappa shape index (κ2) is 8.56. The number of hydrogen-bond donors (Lipinski definition) is 1. The van der Waals surface area contributed by atoms with Crippen LogP contribution in [0.15, 0.2) is 48.7 Å². The summed E-state index contributed by atoms with van der Waals surface area (Å²) in [4.78, 5) is 12.4. The van der Waals surface area contributed by atoms with E-state index in [0.717, 1.165) is 29.5 Å². The minimum Gasteiger partial charge on any atom is -0.491 e. The molecule has 0 aliphatic heterocycles. The van der Waals surface area contributed by atoms with Gasteiger partial charge in [0, 0.05) is 0 Å². The smallest absolute Gasteiger partial charge is 0.434 e. The van der Waals surface area contributed by atoms with E-state index >= 15 is 0 Å². The molecule has 0 spiro atoms. The molecule has 30 heavy (non-hydrogen) atoms. The van der Waals surface area contributed by atoms with Gasteiger partial charge in [0.25, 0.3) is 5.91 Å². The minimum absolute atomic E-state index is 0.0191. The maximum absolute atomic E-state index is 14.0. The zero-order valence-corrected chi connectivity index (χ0v) is 16.3. The van der Waals surface area contributed by atoms with Crippen molar-refractivity contribution in [2.45, 2.75) is 20.0 Å².